The molecule has 1 amide bonds. The second-order valence-electron chi connectivity index (χ2n) is 10.3. The summed E-state index contributed by atoms with van der Waals surface area (Å²) in [6.07, 6.45) is 10.4. The Kier molecular flexibility index (Phi) is 8.23. The van der Waals surface area contributed by atoms with Crippen LogP contribution in [0.3, 0.4) is 0 Å². The third kappa shape index (κ3) is 5.99. The molecule has 38 heavy (non-hydrogen) atoms. The lowest BCUT2D eigenvalue weighted by Crippen LogP contribution is -2.41. The molecule has 0 aromatic carbocycles. The topological polar surface area (TPSA) is 122 Å². The maximum Gasteiger partial charge on any atom is 0.222 e. The van der Waals surface area contributed by atoms with Crippen molar-refractivity contribution in [3.63, 3.8) is 0 Å². The Labute approximate surface area is 223 Å². The number of ether oxygens (including phenoxy) is 1. The summed E-state index contributed by atoms with van der Waals surface area (Å²) in [5.74, 6) is 1.09. The van der Waals surface area contributed by atoms with Gasteiger partial charge in [-0.2, -0.15) is 0 Å². The highest BCUT2D eigenvalue weighted by Crippen LogP contribution is 2.32. The van der Waals surface area contributed by atoms with Crippen molar-refractivity contribution in [2.45, 2.75) is 25.7 Å². The number of allylic oxidation sites excluding steroid dienone is 3. The maximum atomic E-state index is 12.7. The number of morpholine rings is 1. The number of amides is 1. The Hall–Kier alpha value is -3.44. The van der Waals surface area contributed by atoms with E-state index in [1.807, 2.05) is 11.9 Å². The van der Waals surface area contributed by atoms with Gasteiger partial charge in [0.25, 0.3) is 0 Å². The number of aromatic amines is 1. The first-order valence-electron chi connectivity index (χ1n) is 13.5. The van der Waals surface area contributed by atoms with Gasteiger partial charge in [-0.05, 0) is 45.0 Å². The molecular weight excluding hydrogens is 484 g/mol. The molecule has 2 aromatic heterocycles. The predicted octanol–water partition coefficient (Wildman–Crippen LogP) is 2.19. The fourth-order valence-electron chi connectivity index (χ4n) is 5.43. The van der Waals surface area contributed by atoms with Gasteiger partial charge in [-0.1, -0.05) is 0 Å². The zero-order valence-corrected chi connectivity index (χ0v) is 22.3. The first-order chi connectivity index (χ1) is 18.5. The molecule has 3 aliphatic rings. The van der Waals surface area contributed by atoms with Crippen LogP contribution in [0.1, 0.15) is 31.2 Å². The van der Waals surface area contributed by atoms with Gasteiger partial charge >= 0.3 is 0 Å². The Morgan fingerprint density at radius 3 is 2.76 bits per heavy atom. The number of fused-ring (bicyclic) bond motifs is 2. The molecule has 0 radical (unpaired) electrons. The zero-order chi connectivity index (χ0) is 26.5. The molecule has 204 valence electrons. The quantitative estimate of drug-likeness (QED) is 0.521. The first kappa shape index (κ1) is 26.2. The van der Waals surface area contributed by atoms with Crippen molar-refractivity contribution in [1.29, 1.82) is 0 Å². The Bertz CT molecular complexity index is 1230. The molecule has 3 N–H and O–H groups in total. The van der Waals surface area contributed by atoms with Crippen LogP contribution in [0.25, 0.3) is 11.0 Å². The predicted molar refractivity (Wildman–Crippen MR) is 147 cm³/mol. The van der Waals surface area contributed by atoms with E-state index < -0.39 is 0 Å². The van der Waals surface area contributed by atoms with Gasteiger partial charge in [0.2, 0.25) is 5.91 Å². The van der Waals surface area contributed by atoms with Gasteiger partial charge in [0.1, 0.15) is 17.8 Å². The van der Waals surface area contributed by atoms with E-state index in [9.17, 15) is 9.90 Å². The molecule has 0 saturated carbocycles. The average molecular weight is 523 g/mol. The Morgan fingerprint density at radius 1 is 1.08 bits per heavy atom. The molecule has 2 bridgehead atoms. The number of aromatic hydroxyl groups is 1. The van der Waals surface area contributed by atoms with Crippen LogP contribution in [0.15, 0.2) is 34.9 Å². The number of hydrogen-bond donors (Lipinski definition) is 3. The van der Waals surface area contributed by atoms with Crippen LogP contribution in [0.2, 0.25) is 0 Å². The highest BCUT2D eigenvalue weighted by Gasteiger charge is 2.26. The maximum absolute atomic E-state index is 12.7. The molecule has 1 aliphatic carbocycles. The highest BCUT2D eigenvalue weighted by atomic mass is 16.5. The number of hydrogen-bond acceptors (Lipinski definition) is 9. The molecule has 5 rings (SSSR count). The van der Waals surface area contributed by atoms with Crippen LogP contribution in [0.5, 0.6) is 5.88 Å². The molecule has 2 aromatic rings. The smallest absolute Gasteiger partial charge is 0.222 e. The fraction of sp³-hybridized carbons (Fsp3) is 0.556. The molecular formula is C27H38N8O3. The van der Waals surface area contributed by atoms with E-state index in [1.165, 1.54) is 12.0 Å². The fourth-order valence-corrected chi connectivity index (χ4v) is 5.43. The summed E-state index contributed by atoms with van der Waals surface area (Å²) in [7, 11) is 4.00. The molecule has 4 heterocycles. The third-order valence-corrected chi connectivity index (χ3v) is 7.52. The minimum atomic E-state index is 0.0146. The average Bonchev–Trinajstić information content (AvgIpc) is 3.25. The zero-order valence-electron chi connectivity index (χ0n) is 22.3. The van der Waals surface area contributed by atoms with Gasteiger partial charge in [0, 0.05) is 69.7 Å². The van der Waals surface area contributed by atoms with Crippen molar-refractivity contribution in [2.24, 2.45) is 10.9 Å². The van der Waals surface area contributed by atoms with Crippen LogP contribution in [-0.2, 0) is 9.53 Å². The lowest BCUT2D eigenvalue weighted by Gasteiger charge is -2.38. The van der Waals surface area contributed by atoms with Crippen molar-refractivity contribution in [3.05, 3.63) is 35.4 Å². The van der Waals surface area contributed by atoms with E-state index >= 15 is 0 Å². The third-order valence-electron chi connectivity index (χ3n) is 7.52. The Morgan fingerprint density at radius 2 is 1.92 bits per heavy atom. The van der Waals surface area contributed by atoms with Gasteiger partial charge in [-0.15, -0.1) is 0 Å². The summed E-state index contributed by atoms with van der Waals surface area (Å²) in [6.45, 7) is 6.28. The second-order valence-corrected chi connectivity index (χ2v) is 10.3. The first-order valence-corrected chi connectivity index (χ1v) is 13.5. The van der Waals surface area contributed by atoms with Gasteiger partial charge in [0.05, 0.1) is 24.2 Å². The summed E-state index contributed by atoms with van der Waals surface area (Å²) in [4.78, 5) is 35.7. The van der Waals surface area contributed by atoms with Crippen molar-refractivity contribution in [2.75, 3.05) is 71.9 Å². The van der Waals surface area contributed by atoms with Crippen LogP contribution in [0.4, 0.5) is 5.82 Å². The van der Waals surface area contributed by atoms with Crippen molar-refractivity contribution in [3.8, 4) is 5.88 Å². The molecule has 1 unspecified atom stereocenters. The molecule has 11 heteroatoms. The van der Waals surface area contributed by atoms with Crippen molar-refractivity contribution in [1.82, 2.24) is 29.7 Å². The van der Waals surface area contributed by atoms with Crippen molar-refractivity contribution >= 4 is 29.0 Å². The van der Waals surface area contributed by atoms with Gasteiger partial charge in [-0.25, -0.2) is 9.97 Å². The highest BCUT2D eigenvalue weighted by molar-refractivity contribution is 6.05. The number of aliphatic imine (C=N–C) groups is 1. The second kappa shape index (κ2) is 12.0. The lowest BCUT2D eigenvalue weighted by molar-refractivity contribution is -0.130. The number of anilines is 1. The largest absolute Gasteiger partial charge is 0.494 e. The van der Waals surface area contributed by atoms with Crippen LogP contribution in [0, 0.1) is 5.92 Å². The van der Waals surface area contributed by atoms with E-state index in [2.05, 4.69) is 49.3 Å². The number of carbonyl (C=O) groups is 1. The standard InChI is InChI=1S/C27H38N8O3/c1-33-9-3-5-23(36)34(2)10-4-8-28-25-24-21(27(37)32-26(24)31-18-30-25)16-29-20-6-7-22(19(15-20)17-33)35-11-13-38-14-12-35/h6-7,16,18-19,37H,3-5,8-15,17H2,1-2H3,(H2,28,30,31,32). The van der Waals surface area contributed by atoms with E-state index in [4.69, 9.17) is 9.73 Å². The SMILES string of the molecule is CN1CCCC(=O)N(C)CCCNc2ncnc3[nH]c(O)c(c23)C=NC2=CC=C(N3CCOCC3)C(C2)C1. The summed E-state index contributed by atoms with van der Waals surface area (Å²) < 4.78 is 5.59. The van der Waals surface area contributed by atoms with Crippen LogP contribution < -0.4 is 5.32 Å². The number of H-pyrrole nitrogens is 1. The summed E-state index contributed by atoms with van der Waals surface area (Å²) in [5.41, 5.74) is 3.38. The number of aromatic nitrogens is 3. The molecule has 1 fully saturated rings. The number of nitrogens with one attached hydrogen (secondary N) is 2. The molecule has 1 atom stereocenters. The lowest BCUT2D eigenvalue weighted by atomic mass is 9.92. The number of rotatable bonds is 1. The van der Waals surface area contributed by atoms with E-state index in [0.29, 0.717) is 41.9 Å². The van der Waals surface area contributed by atoms with E-state index in [1.54, 1.807) is 6.21 Å². The normalized spacial score (nSPS) is 22.8. The minimum Gasteiger partial charge on any atom is -0.494 e. The van der Waals surface area contributed by atoms with E-state index in [0.717, 1.165) is 64.4 Å². The van der Waals surface area contributed by atoms with Crippen LogP contribution in [-0.4, -0.2) is 113 Å². The van der Waals surface area contributed by atoms with Crippen LogP contribution >= 0.6 is 0 Å². The summed E-state index contributed by atoms with van der Waals surface area (Å²) in [5, 5.41) is 14.7. The van der Waals surface area contributed by atoms with E-state index in [-0.39, 0.29) is 17.7 Å². The molecule has 2 aliphatic heterocycles. The summed E-state index contributed by atoms with van der Waals surface area (Å²) in [6, 6.07) is 0. The molecule has 0 spiro atoms. The Balaban J connectivity index is 1.47. The van der Waals surface area contributed by atoms with Crippen molar-refractivity contribution < 1.29 is 14.6 Å². The molecule has 1 saturated heterocycles. The summed E-state index contributed by atoms with van der Waals surface area (Å²) >= 11 is 0. The minimum absolute atomic E-state index is 0.0146. The van der Waals surface area contributed by atoms with Gasteiger partial charge in [-0.3, -0.25) is 9.79 Å². The number of carbonyl (C=O) groups excluding carboxylic acids is 1. The van der Waals surface area contributed by atoms with Gasteiger partial charge in [0.15, 0.2) is 5.88 Å². The number of nitrogens with zero attached hydrogens (tertiary/aromatic N) is 6. The molecule has 11 nitrogen and oxygen atoms in total. The van der Waals surface area contributed by atoms with Gasteiger partial charge < -0.3 is 34.8 Å². The monoisotopic (exact) mass is 522 g/mol.